The SMILES string of the molecule is O=C1N=C2N=C3CCCC3=NN2C1=Cc1ccco1. The van der Waals surface area contributed by atoms with Crippen molar-refractivity contribution < 1.29 is 9.21 Å². The van der Waals surface area contributed by atoms with Gasteiger partial charge in [-0.2, -0.15) is 15.1 Å². The molecule has 19 heavy (non-hydrogen) atoms. The van der Waals surface area contributed by atoms with Gasteiger partial charge in [-0.3, -0.25) is 4.79 Å². The summed E-state index contributed by atoms with van der Waals surface area (Å²) in [6, 6.07) is 3.54. The van der Waals surface area contributed by atoms with E-state index in [1.807, 2.05) is 0 Å². The molecule has 1 aliphatic carbocycles. The van der Waals surface area contributed by atoms with Crippen LogP contribution in [0.4, 0.5) is 0 Å². The van der Waals surface area contributed by atoms with Gasteiger partial charge in [-0.1, -0.05) is 0 Å². The number of guanidine groups is 1. The zero-order chi connectivity index (χ0) is 12.8. The van der Waals surface area contributed by atoms with Crippen molar-refractivity contribution in [1.82, 2.24) is 5.01 Å². The summed E-state index contributed by atoms with van der Waals surface area (Å²) in [5.74, 6) is 0.629. The number of rotatable bonds is 1. The van der Waals surface area contributed by atoms with E-state index in [0.29, 0.717) is 17.4 Å². The van der Waals surface area contributed by atoms with E-state index in [-0.39, 0.29) is 5.91 Å². The third-order valence-corrected chi connectivity index (χ3v) is 3.28. The first-order valence-corrected chi connectivity index (χ1v) is 6.15. The second-order valence-corrected chi connectivity index (χ2v) is 4.53. The summed E-state index contributed by atoms with van der Waals surface area (Å²) in [6.07, 6.45) is 6.08. The van der Waals surface area contributed by atoms with Crippen LogP contribution in [-0.2, 0) is 4.79 Å². The molecule has 0 saturated heterocycles. The average Bonchev–Trinajstić information content (AvgIpc) is 3.10. The fourth-order valence-corrected chi connectivity index (χ4v) is 2.38. The Kier molecular flexibility index (Phi) is 2.05. The maximum Gasteiger partial charge on any atom is 0.299 e. The number of fused-ring (bicyclic) bond motifs is 2. The van der Waals surface area contributed by atoms with Crippen LogP contribution in [0, 0.1) is 0 Å². The molecule has 0 spiro atoms. The van der Waals surface area contributed by atoms with Crippen LogP contribution in [-0.4, -0.2) is 28.3 Å². The Morgan fingerprint density at radius 1 is 1.26 bits per heavy atom. The minimum Gasteiger partial charge on any atom is -0.465 e. The smallest absolute Gasteiger partial charge is 0.299 e. The monoisotopic (exact) mass is 254 g/mol. The Bertz CT molecular complexity index is 680. The van der Waals surface area contributed by atoms with Crippen molar-refractivity contribution in [2.24, 2.45) is 15.1 Å². The Morgan fingerprint density at radius 2 is 2.16 bits per heavy atom. The standard InChI is InChI=1S/C13H10N4O2/c18-12-11(7-8-3-2-6-19-8)17-13(15-12)14-9-4-1-5-10(9)16-17/h2-3,6-7H,1,4-5H2. The van der Waals surface area contributed by atoms with Gasteiger partial charge in [0.25, 0.3) is 11.9 Å². The van der Waals surface area contributed by atoms with Crippen molar-refractivity contribution in [1.29, 1.82) is 0 Å². The van der Waals surface area contributed by atoms with Gasteiger partial charge >= 0.3 is 0 Å². The van der Waals surface area contributed by atoms with E-state index in [4.69, 9.17) is 4.42 Å². The molecule has 0 unspecified atom stereocenters. The lowest BCUT2D eigenvalue weighted by atomic mass is 10.3. The van der Waals surface area contributed by atoms with E-state index in [1.165, 1.54) is 5.01 Å². The second-order valence-electron chi connectivity index (χ2n) is 4.53. The summed E-state index contributed by atoms with van der Waals surface area (Å²) in [5, 5.41) is 5.98. The van der Waals surface area contributed by atoms with E-state index in [9.17, 15) is 4.79 Å². The summed E-state index contributed by atoms with van der Waals surface area (Å²) in [7, 11) is 0. The van der Waals surface area contributed by atoms with E-state index in [1.54, 1.807) is 24.5 Å². The highest BCUT2D eigenvalue weighted by Gasteiger charge is 2.35. The number of carbonyl (C=O) groups is 1. The van der Waals surface area contributed by atoms with Gasteiger partial charge in [-0.05, 0) is 31.4 Å². The second kappa shape index (κ2) is 3.74. The molecule has 0 aromatic carbocycles. The lowest BCUT2D eigenvalue weighted by molar-refractivity contribution is -0.114. The van der Waals surface area contributed by atoms with Crippen LogP contribution < -0.4 is 0 Å². The number of furan rings is 1. The topological polar surface area (TPSA) is 70.5 Å². The van der Waals surface area contributed by atoms with Crippen molar-refractivity contribution in [3.05, 3.63) is 29.9 Å². The van der Waals surface area contributed by atoms with Crippen LogP contribution >= 0.6 is 0 Å². The van der Waals surface area contributed by atoms with Crippen molar-refractivity contribution in [3.8, 4) is 0 Å². The zero-order valence-corrected chi connectivity index (χ0v) is 10.0. The van der Waals surface area contributed by atoms with Gasteiger partial charge in [-0.15, -0.1) is 0 Å². The van der Waals surface area contributed by atoms with Gasteiger partial charge in [0.15, 0.2) is 0 Å². The van der Waals surface area contributed by atoms with Gasteiger partial charge < -0.3 is 4.42 Å². The first-order chi connectivity index (χ1) is 9.31. The molecule has 4 rings (SSSR count). The molecule has 0 N–H and O–H groups in total. The number of nitrogens with zero attached hydrogens (tertiary/aromatic N) is 4. The normalized spacial score (nSPS) is 23.2. The third-order valence-electron chi connectivity index (χ3n) is 3.28. The zero-order valence-electron chi connectivity index (χ0n) is 10.0. The van der Waals surface area contributed by atoms with Crippen molar-refractivity contribution in [2.45, 2.75) is 19.3 Å². The summed E-state index contributed by atoms with van der Waals surface area (Å²) in [6.45, 7) is 0. The molecule has 3 aliphatic rings. The highest BCUT2D eigenvalue weighted by Crippen LogP contribution is 2.27. The summed E-state index contributed by atoms with van der Waals surface area (Å²) < 4.78 is 5.22. The van der Waals surface area contributed by atoms with Crippen LogP contribution in [0.25, 0.3) is 6.08 Å². The third kappa shape index (κ3) is 1.56. The van der Waals surface area contributed by atoms with Gasteiger partial charge in [0, 0.05) is 6.08 Å². The van der Waals surface area contributed by atoms with E-state index in [2.05, 4.69) is 15.1 Å². The lowest BCUT2D eigenvalue weighted by Crippen LogP contribution is -2.28. The maximum atomic E-state index is 11.9. The van der Waals surface area contributed by atoms with Crippen molar-refractivity contribution >= 4 is 29.4 Å². The Labute approximate surface area is 108 Å². The number of carbonyl (C=O) groups excluding carboxylic acids is 1. The molecule has 2 aliphatic heterocycles. The van der Waals surface area contributed by atoms with E-state index >= 15 is 0 Å². The van der Waals surface area contributed by atoms with Crippen molar-refractivity contribution in [3.63, 3.8) is 0 Å². The molecular formula is C13H10N4O2. The molecule has 1 aromatic rings. The fourth-order valence-electron chi connectivity index (χ4n) is 2.38. The highest BCUT2D eigenvalue weighted by molar-refractivity contribution is 6.46. The van der Waals surface area contributed by atoms with Gasteiger partial charge in [0.1, 0.15) is 11.5 Å². The molecule has 1 amide bonds. The largest absolute Gasteiger partial charge is 0.465 e. The first kappa shape index (κ1) is 10.4. The minimum atomic E-state index is -0.333. The van der Waals surface area contributed by atoms with Crippen LogP contribution in [0.3, 0.4) is 0 Å². The average molecular weight is 254 g/mol. The highest BCUT2D eigenvalue weighted by atomic mass is 16.3. The molecule has 1 aromatic heterocycles. The Balaban J connectivity index is 1.77. The maximum absolute atomic E-state index is 11.9. The number of hydrogen-bond acceptors (Lipinski definition) is 5. The Morgan fingerprint density at radius 3 is 3.00 bits per heavy atom. The first-order valence-electron chi connectivity index (χ1n) is 6.15. The minimum absolute atomic E-state index is 0.333. The molecule has 6 heteroatoms. The van der Waals surface area contributed by atoms with E-state index in [0.717, 1.165) is 30.7 Å². The molecule has 94 valence electrons. The number of amides is 1. The van der Waals surface area contributed by atoms with Gasteiger partial charge in [0.2, 0.25) is 0 Å². The lowest BCUT2D eigenvalue weighted by Gasteiger charge is -2.17. The molecule has 1 saturated carbocycles. The molecule has 3 heterocycles. The Hall–Kier alpha value is -2.50. The predicted octanol–water partition coefficient (Wildman–Crippen LogP) is 1.81. The number of aliphatic imine (C=N–C) groups is 2. The molecule has 0 radical (unpaired) electrons. The molecule has 0 atom stereocenters. The van der Waals surface area contributed by atoms with Crippen LogP contribution in [0.1, 0.15) is 25.0 Å². The summed E-state index contributed by atoms with van der Waals surface area (Å²) >= 11 is 0. The van der Waals surface area contributed by atoms with Crippen LogP contribution in [0.15, 0.2) is 43.6 Å². The molecular weight excluding hydrogens is 244 g/mol. The van der Waals surface area contributed by atoms with Crippen LogP contribution in [0.2, 0.25) is 0 Å². The molecule has 1 fully saturated rings. The quantitative estimate of drug-likeness (QED) is 0.717. The number of hydrogen-bond donors (Lipinski definition) is 0. The van der Waals surface area contributed by atoms with Crippen molar-refractivity contribution in [2.75, 3.05) is 0 Å². The molecule has 0 bridgehead atoms. The number of hydrazone groups is 1. The van der Waals surface area contributed by atoms with E-state index < -0.39 is 0 Å². The summed E-state index contributed by atoms with van der Waals surface area (Å²) in [5.41, 5.74) is 2.30. The predicted molar refractivity (Wildman–Crippen MR) is 69.7 cm³/mol. The van der Waals surface area contributed by atoms with Gasteiger partial charge in [-0.25, -0.2) is 4.99 Å². The summed E-state index contributed by atoms with van der Waals surface area (Å²) in [4.78, 5) is 20.2. The fraction of sp³-hybridized carbons (Fsp3) is 0.231. The molecule has 6 nitrogen and oxygen atoms in total. The van der Waals surface area contributed by atoms with Crippen LogP contribution in [0.5, 0.6) is 0 Å². The van der Waals surface area contributed by atoms with Gasteiger partial charge in [0.05, 0.1) is 17.7 Å².